The van der Waals surface area contributed by atoms with Crippen molar-refractivity contribution in [1.82, 2.24) is 4.98 Å². The Kier molecular flexibility index (Phi) is 5.48. The molecule has 7 aromatic carbocycles. The maximum Gasteiger partial charge on any atom is 0.137 e. The van der Waals surface area contributed by atoms with E-state index in [1.54, 1.807) is 11.3 Å². The topological polar surface area (TPSA) is 55.6 Å². The van der Waals surface area contributed by atoms with Gasteiger partial charge >= 0.3 is 0 Å². The predicted octanol–water partition coefficient (Wildman–Crippen LogP) is 13.1. The highest BCUT2D eigenvalue weighted by Crippen LogP contribution is 2.44. The lowest BCUT2D eigenvalue weighted by Crippen LogP contribution is -2.09. The number of thiazole rings is 1. The van der Waals surface area contributed by atoms with E-state index < -0.39 is 0 Å². The van der Waals surface area contributed by atoms with Crippen molar-refractivity contribution in [2.24, 2.45) is 0 Å². The van der Waals surface area contributed by atoms with Gasteiger partial charge in [0.25, 0.3) is 0 Å². The molecule has 0 aliphatic heterocycles. The first-order valence-electron chi connectivity index (χ1n) is 16.2. The number of fused-ring (bicyclic) bond motifs is 11. The number of para-hydroxylation sites is 2. The van der Waals surface area contributed by atoms with Crippen LogP contribution in [-0.2, 0) is 0 Å². The fourth-order valence-corrected chi connectivity index (χ4v) is 8.22. The van der Waals surface area contributed by atoms with Crippen molar-refractivity contribution >= 4 is 104 Å². The van der Waals surface area contributed by atoms with Crippen molar-refractivity contribution in [2.75, 3.05) is 4.90 Å². The van der Waals surface area contributed by atoms with E-state index in [4.69, 9.17) is 18.2 Å². The van der Waals surface area contributed by atoms with E-state index >= 15 is 0 Å². The highest BCUT2D eigenvalue weighted by molar-refractivity contribution is 7.21. The standard InChI is InChI=1S/C43H24N2O3S/c1-2-8-25(9-3-1)43-44-42-40(49-43)21-20-38-41(42)33-23-27(16-19-37(33)47-38)45(26-15-18-36-32(22-26)30-11-5-7-13-35(30)46-36)28-14-17-31-29-10-4-6-12-34(29)48-39(31)24-28/h1-24H. The molecule has 11 aromatic rings. The molecule has 230 valence electrons. The average Bonchev–Trinajstić information content (AvgIpc) is 3.92. The third-order valence-electron chi connectivity index (χ3n) is 9.49. The van der Waals surface area contributed by atoms with Gasteiger partial charge in [-0.05, 0) is 72.8 Å². The molecule has 11 rings (SSSR count). The van der Waals surface area contributed by atoms with Crippen molar-refractivity contribution in [2.45, 2.75) is 0 Å². The molecule has 0 N–H and O–H groups in total. The Labute approximate surface area is 282 Å². The summed E-state index contributed by atoms with van der Waals surface area (Å²) in [5.41, 5.74) is 10.1. The summed E-state index contributed by atoms with van der Waals surface area (Å²) < 4.78 is 20.1. The lowest BCUT2D eigenvalue weighted by atomic mass is 10.1. The Balaban J connectivity index is 1.16. The normalized spacial score (nSPS) is 12.1. The quantitative estimate of drug-likeness (QED) is 0.190. The lowest BCUT2D eigenvalue weighted by Gasteiger charge is -2.25. The van der Waals surface area contributed by atoms with Crippen LogP contribution in [0.2, 0.25) is 0 Å². The summed E-state index contributed by atoms with van der Waals surface area (Å²) in [6.45, 7) is 0. The molecular formula is C43H24N2O3S. The largest absolute Gasteiger partial charge is 0.456 e. The molecule has 0 spiro atoms. The van der Waals surface area contributed by atoms with Gasteiger partial charge in [-0.15, -0.1) is 11.3 Å². The van der Waals surface area contributed by atoms with Gasteiger partial charge in [0.15, 0.2) is 0 Å². The van der Waals surface area contributed by atoms with E-state index in [9.17, 15) is 0 Å². The molecule has 5 nitrogen and oxygen atoms in total. The molecule has 0 unspecified atom stereocenters. The molecule has 6 heteroatoms. The predicted molar refractivity (Wildman–Crippen MR) is 202 cm³/mol. The molecule has 0 atom stereocenters. The fourth-order valence-electron chi connectivity index (χ4n) is 7.24. The zero-order chi connectivity index (χ0) is 32.1. The molecule has 4 heterocycles. The second kappa shape index (κ2) is 10.1. The first-order chi connectivity index (χ1) is 24.2. The lowest BCUT2D eigenvalue weighted by molar-refractivity contribution is 0.668. The highest BCUT2D eigenvalue weighted by Gasteiger charge is 2.21. The van der Waals surface area contributed by atoms with Gasteiger partial charge in [-0.25, -0.2) is 4.98 Å². The molecule has 0 aliphatic rings. The maximum absolute atomic E-state index is 6.43. The molecule has 49 heavy (non-hydrogen) atoms. The van der Waals surface area contributed by atoms with Crippen LogP contribution in [0.1, 0.15) is 0 Å². The number of benzene rings is 7. The third-order valence-corrected chi connectivity index (χ3v) is 10.6. The van der Waals surface area contributed by atoms with Crippen molar-refractivity contribution in [3.8, 4) is 10.6 Å². The van der Waals surface area contributed by atoms with Crippen LogP contribution >= 0.6 is 11.3 Å². The van der Waals surface area contributed by atoms with Crippen molar-refractivity contribution in [3.05, 3.63) is 146 Å². The van der Waals surface area contributed by atoms with E-state index in [0.717, 1.165) is 104 Å². The molecule has 0 saturated carbocycles. The van der Waals surface area contributed by atoms with Gasteiger partial charge in [0.05, 0.1) is 15.6 Å². The second-order valence-electron chi connectivity index (χ2n) is 12.3. The van der Waals surface area contributed by atoms with Gasteiger partial charge in [-0.2, -0.15) is 0 Å². The summed E-state index contributed by atoms with van der Waals surface area (Å²) >= 11 is 1.70. The number of hydrogen-bond donors (Lipinski definition) is 0. The minimum Gasteiger partial charge on any atom is -0.456 e. The Morgan fingerprint density at radius 3 is 1.78 bits per heavy atom. The van der Waals surface area contributed by atoms with Crippen LogP contribution < -0.4 is 4.90 Å². The zero-order valence-corrected chi connectivity index (χ0v) is 26.7. The molecule has 4 aromatic heterocycles. The maximum atomic E-state index is 6.43. The van der Waals surface area contributed by atoms with Crippen LogP contribution in [0, 0.1) is 0 Å². The van der Waals surface area contributed by atoms with Gasteiger partial charge in [0.2, 0.25) is 0 Å². The Morgan fingerprint density at radius 2 is 0.980 bits per heavy atom. The number of rotatable bonds is 4. The molecule has 0 saturated heterocycles. The SMILES string of the molecule is c1ccc(-c2nc3c(ccc4oc5ccc(N(c6ccc7c(c6)oc6ccccc67)c6ccc7oc8ccccc8c7c6)cc5c43)s2)cc1. The van der Waals surface area contributed by atoms with Gasteiger partial charge in [-0.1, -0.05) is 66.7 Å². The molecule has 0 radical (unpaired) electrons. The van der Waals surface area contributed by atoms with E-state index in [2.05, 4.69) is 120 Å². The monoisotopic (exact) mass is 648 g/mol. The summed E-state index contributed by atoms with van der Waals surface area (Å²) in [6, 6.07) is 50.2. The first-order valence-corrected chi connectivity index (χ1v) is 17.0. The first kappa shape index (κ1) is 26.7. The van der Waals surface area contributed by atoms with Crippen LogP contribution in [-0.4, -0.2) is 4.98 Å². The molecular weight excluding hydrogens is 625 g/mol. The molecule has 0 amide bonds. The van der Waals surface area contributed by atoms with E-state index in [1.165, 1.54) is 0 Å². The van der Waals surface area contributed by atoms with Crippen molar-refractivity contribution < 1.29 is 13.3 Å². The minimum absolute atomic E-state index is 0.824. The van der Waals surface area contributed by atoms with E-state index in [1.807, 2.05) is 30.3 Å². The number of aromatic nitrogens is 1. The van der Waals surface area contributed by atoms with Crippen molar-refractivity contribution in [3.63, 3.8) is 0 Å². The Hall–Kier alpha value is -6.37. The third kappa shape index (κ3) is 4.01. The van der Waals surface area contributed by atoms with Crippen LogP contribution in [0.4, 0.5) is 17.1 Å². The minimum atomic E-state index is 0.824. The molecule has 0 aliphatic carbocycles. The fraction of sp³-hybridized carbons (Fsp3) is 0. The average molecular weight is 649 g/mol. The number of furan rings is 3. The van der Waals surface area contributed by atoms with Crippen LogP contribution in [0.5, 0.6) is 0 Å². The Bertz CT molecular complexity index is 3070. The summed E-state index contributed by atoms with van der Waals surface area (Å²) in [7, 11) is 0. The van der Waals surface area contributed by atoms with E-state index in [-0.39, 0.29) is 0 Å². The van der Waals surface area contributed by atoms with Crippen molar-refractivity contribution in [1.29, 1.82) is 0 Å². The smallest absolute Gasteiger partial charge is 0.137 e. The highest BCUT2D eigenvalue weighted by atomic mass is 32.1. The van der Waals surface area contributed by atoms with Gasteiger partial charge in [0.1, 0.15) is 38.5 Å². The second-order valence-corrected chi connectivity index (χ2v) is 13.4. The summed E-state index contributed by atoms with van der Waals surface area (Å²) in [5.74, 6) is 0. The molecule has 0 fully saturated rings. The Morgan fingerprint density at radius 1 is 0.429 bits per heavy atom. The summed E-state index contributed by atoms with van der Waals surface area (Å²) in [5, 5.41) is 7.39. The van der Waals surface area contributed by atoms with Crippen LogP contribution in [0.25, 0.3) is 86.6 Å². The molecule has 0 bridgehead atoms. The number of hydrogen-bond acceptors (Lipinski definition) is 6. The summed E-state index contributed by atoms with van der Waals surface area (Å²) in [6.07, 6.45) is 0. The van der Waals surface area contributed by atoms with E-state index in [0.29, 0.717) is 0 Å². The zero-order valence-electron chi connectivity index (χ0n) is 25.9. The van der Waals surface area contributed by atoms with Crippen LogP contribution in [0.15, 0.2) is 159 Å². The number of anilines is 3. The van der Waals surface area contributed by atoms with Gasteiger partial charge in [0, 0.05) is 55.6 Å². The summed E-state index contributed by atoms with van der Waals surface area (Å²) in [4.78, 5) is 7.44. The van der Waals surface area contributed by atoms with Gasteiger partial charge < -0.3 is 18.2 Å². The van der Waals surface area contributed by atoms with Gasteiger partial charge in [-0.3, -0.25) is 0 Å². The number of nitrogens with zero attached hydrogens (tertiary/aromatic N) is 2. The van der Waals surface area contributed by atoms with Crippen LogP contribution in [0.3, 0.4) is 0 Å².